The monoisotopic (exact) mass is 815 g/mol. The first-order chi connectivity index (χ1) is 31.8. The standard InChI is InChI=1S/C61H37NO2/c1-2-16-38(17-3-1)62(39-30-32-43-46-21-8-13-27-55(46)63-56-28-14-9-22-47(56)50(43)36-39)40-31-33-45-42-19-5-4-18-41(42)44-20-6-11-25-51(44)61(54(45)37-40)52-26-12-7-23-48(52)59-53(61)34-35-58-60(59)49-24-10-15-29-57(49)64-58/h1-37H. The average molecular weight is 816 g/mol. The van der Waals surface area contributed by atoms with E-state index in [4.69, 9.17) is 9.15 Å². The molecule has 2 heterocycles. The molecule has 3 heteroatoms. The molecule has 1 unspecified atom stereocenters. The van der Waals surface area contributed by atoms with Crippen molar-refractivity contribution in [2.75, 3.05) is 4.90 Å². The number of benzene rings is 10. The van der Waals surface area contributed by atoms with Crippen LogP contribution in [0.2, 0.25) is 0 Å². The quantitative estimate of drug-likeness (QED) is 0.178. The third-order valence-electron chi connectivity index (χ3n) is 13.9. The van der Waals surface area contributed by atoms with Gasteiger partial charge in [0.25, 0.3) is 0 Å². The molecule has 0 saturated heterocycles. The first-order valence-electron chi connectivity index (χ1n) is 22.0. The second kappa shape index (κ2) is 13.3. The SMILES string of the molecule is c1ccc(N(c2ccc3c(c2)-c2ccccc2Oc2ccccc2-3)c2ccc3c(c2)C2(c4ccccc4-c4ccccc4-3)c3ccccc3-c3c2ccc2oc4ccccc4c32)cc1. The first-order valence-corrected chi connectivity index (χ1v) is 22.0. The molecular formula is C61H37NO2. The molecule has 0 bridgehead atoms. The second-order valence-corrected chi connectivity index (χ2v) is 17.1. The molecule has 1 aliphatic heterocycles. The first kappa shape index (κ1) is 35.2. The van der Waals surface area contributed by atoms with Crippen LogP contribution >= 0.6 is 0 Å². The predicted molar refractivity (Wildman–Crippen MR) is 261 cm³/mol. The zero-order valence-electron chi connectivity index (χ0n) is 34.6. The van der Waals surface area contributed by atoms with Crippen molar-refractivity contribution in [3.05, 3.63) is 247 Å². The number of hydrogen-bond acceptors (Lipinski definition) is 3. The smallest absolute Gasteiger partial charge is 0.136 e. The van der Waals surface area contributed by atoms with E-state index >= 15 is 0 Å². The maximum atomic E-state index is 6.62. The third-order valence-corrected chi connectivity index (χ3v) is 13.9. The van der Waals surface area contributed by atoms with Gasteiger partial charge in [-0.15, -0.1) is 0 Å². The van der Waals surface area contributed by atoms with E-state index in [1.807, 2.05) is 12.1 Å². The minimum Gasteiger partial charge on any atom is -0.456 e. The van der Waals surface area contributed by atoms with Gasteiger partial charge in [0.15, 0.2) is 0 Å². The number of hydrogen-bond donors (Lipinski definition) is 0. The Hall–Kier alpha value is -8.40. The highest BCUT2D eigenvalue weighted by Gasteiger charge is 2.50. The van der Waals surface area contributed by atoms with Crippen LogP contribution < -0.4 is 9.64 Å². The van der Waals surface area contributed by atoms with Gasteiger partial charge in [-0.05, 0) is 127 Å². The number of para-hydroxylation sites is 4. The van der Waals surface area contributed by atoms with Gasteiger partial charge in [0, 0.05) is 39.0 Å². The van der Waals surface area contributed by atoms with Gasteiger partial charge in [-0.2, -0.15) is 0 Å². The molecule has 14 rings (SSSR count). The van der Waals surface area contributed by atoms with E-state index in [9.17, 15) is 0 Å². The van der Waals surface area contributed by atoms with Crippen molar-refractivity contribution in [3.63, 3.8) is 0 Å². The molecule has 2 aliphatic carbocycles. The molecule has 0 N–H and O–H groups in total. The number of rotatable bonds is 3. The molecule has 1 aromatic heterocycles. The summed E-state index contributed by atoms with van der Waals surface area (Å²) in [4.78, 5) is 2.42. The Bertz CT molecular complexity index is 3730. The van der Waals surface area contributed by atoms with Gasteiger partial charge >= 0.3 is 0 Å². The predicted octanol–water partition coefficient (Wildman–Crippen LogP) is 16.5. The van der Waals surface area contributed by atoms with Crippen LogP contribution in [0.15, 0.2) is 229 Å². The van der Waals surface area contributed by atoms with Gasteiger partial charge in [0.2, 0.25) is 0 Å². The van der Waals surface area contributed by atoms with Crippen LogP contribution in [0.1, 0.15) is 22.3 Å². The molecule has 0 saturated carbocycles. The molecule has 298 valence electrons. The highest BCUT2D eigenvalue weighted by Crippen LogP contribution is 2.63. The highest BCUT2D eigenvalue weighted by molar-refractivity contribution is 6.16. The summed E-state index contributed by atoms with van der Waals surface area (Å²) in [6, 6.07) is 81.8. The van der Waals surface area contributed by atoms with Crippen LogP contribution in [0.25, 0.3) is 77.6 Å². The van der Waals surface area contributed by atoms with E-state index < -0.39 is 5.41 Å². The molecule has 0 amide bonds. The lowest BCUT2D eigenvalue weighted by molar-refractivity contribution is 0.488. The van der Waals surface area contributed by atoms with E-state index in [2.05, 4.69) is 217 Å². The van der Waals surface area contributed by atoms with Crippen molar-refractivity contribution in [2.24, 2.45) is 0 Å². The Kier molecular flexibility index (Phi) is 7.32. The zero-order valence-corrected chi connectivity index (χ0v) is 34.6. The summed E-state index contributed by atoms with van der Waals surface area (Å²) in [5.41, 5.74) is 21.2. The van der Waals surface area contributed by atoms with Crippen molar-refractivity contribution in [1.82, 2.24) is 0 Å². The fourth-order valence-corrected chi connectivity index (χ4v) is 11.3. The number of nitrogens with zero attached hydrogens (tertiary/aromatic N) is 1. The third kappa shape index (κ3) is 4.76. The van der Waals surface area contributed by atoms with E-state index in [0.29, 0.717) is 0 Å². The number of fused-ring (bicyclic) bond motifs is 21. The highest BCUT2D eigenvalue weighted by atomic mass is 16.5. The van der Waals surface area contributed by atoms with E-state index in [1.165, 1.54) is 55.6 Å². The fraction of sp³-hybridized carbons (Fsp3) is 0.0164. The van der Waals surface area contributed by atoms with Crippen molar-refractivity contribution < 1.29 is 9.15 Å². The summed E-state index contributed by atoms with van der Waals surface area (Å²) in [5, 5.41) is 2.30. The summed E-state index contributed by atoms with van der Waals surface area (Å²) >= 11 is 0. The molecule has 1 spiro atoms. The number of ether oxygens (including phenoxy) is 1. The summed E-state index contributed by atoms with van der Waals surface area (Å²) < 4.78 is 13.2. The summed E-state index contributed by atoms with van der Waals surface area (Å²) in [6.45, 7) is 0. The molecule has 0 radical (unpaired) electrons. The summed E-state index contributed by atoms with van der Waals surface area (Å²) in [5.74, 6) is 1.70. The Labute approximate surface area is 370 Å². The molecule has 11 aromatic rings. The van der Waals surface area contributed by atoms with Crippen LogP contribution in [0, 0.1) is 0 Å². The molecule has 1 atom stereocenters. The molecule has 3 nitrogen and oxygen atoms in total. The van der Waals surface area contributed by atoms with Crippen LogP contribution in [-0.2, 0) is 5.41 Å². The average Bonchev–Trinajstić information content (AvgIpc) is 3.80. The van der Waals surface area contributed by atoms with Gasteiger partial charge in [-0.25, -0.2) is 0 Å². The maximum Gasteiger partial charge on any atom is 0.136 e. The summed E-state index contributed by atoms with van der Waals surface area (Å²) in [6.07, 6.45) is 0. The largest absolute Gasteiger partial charge is 0.456 e. The molecule has 0 fully saturated rings. The number of anilines is 3. The van der Waals surface area contributed by atoms with Gasteiger partial charge in [-0.3, -0.25) is 0 Å². The van der Waals surface area contributed by atoms with Crippen LogP contribution in [0.3, 0.4) is 0 Å². The fourth-order valence-electron chi connectivity index (χ4n) is 11.3. The molecule has 10 aromatic carbocycles. The second-order valence-electron chi connectivity index (χ2n) is 17.1. The van der Waals surface area contributed by atoms with E-state index in [-0.39, 0.29) is 0 Å². The van der Waals surface area contributed by atoms with Gasteiger partial charge in [0.1, 0.15) is 22.7 Å². The van der Waals surface area contributed by atoms with Crippen molar-refractivity contribution in [3.8, 4) is 67.1 Å². The van der Waals surface area contributed by atoms with Crippen molar-refractivity contribution in [2.45, 2.75) is 5.41 Å². The normalized spacial score (nSPS) is 14.8. The number of furan rings is 1. The molecule has 3 aliphatic rings. The Morgan fingerprint density at radius 2 is 0.844 bits per heavy atom. The van der Waals surface area contributed by atoms with Crippen LogP contribution in [0.4, 0.5) is 17.1 Å². The topological polar surface area (TPSA) is 25.6 Å². The summed E-state index contributed by atoms with van der Waals surface area (Å²) in [7, 11) is 0. The Morgan fingerprint density at radius 3 is 1.59 bits per heavy atom. The van der Waals surface area contributed by atoms with Gasteiger partial charge in [-0.1, -0.05) is 164 Å². The minimum atomic E-state index is -0.685. The Morgan fingerprint density at radius 1 is 0.312 bits per heavy atom. The van der Waals surface area contributed by atoms with E-state index in [1.54, 1.807) is 0 Å². The molecular weight excluding hydrogens is 779 g/mol. The van der Waals surface area contributed by atoms with Crippen molar-refractivity contribution in [1.29, 1.82) is 0 Å². The van der Waals surface area contributed by atoms with E-state index in [0.717, 1.165) is 72.8 Å². The van der Waals surface area contributed by atoms with Gasteiger partial charge < -0.3 is 14.1 Å². The van der Waals surface area contributed by atoms with Crippen LogP contribution in [-0.4, -0.2) is 0 Å². The minimum absolute atomic E-state index is 0.685. The van der Waals surface area contributed by atoms with Gasteiger partial charge in [0.05, 0.1) is 5.41 Å². The lowest BCUT2D eigenvalue weighted by Crippen LogP contribution is -2.29. The lowest BCUT2D eigenvalue weighted by atomic mass is 9.65. The van der Waals surface area contributed by atoms with Crippen molar-refractivity contribution >= 4 is 39.0 Å². The maximum absolute atomic E-state index is 6.62. The Balaban J connectivity index is 1.09. The lowest BCUT2D eigenvalue weighted by Gasteiger charge is -2.36. The zero-order chi connectivity index (χ0) is 41.9. The van der Waals surface area contributed by atoms with Crippen LogP contribution in [0.5, 0.6) is 11.5 Å². The molecule has 64 heavy (non-hydrogen) atoms.